The summed E-state index contributed by atoms with van der Waals surface area (Å²) in [5.41, 5.74) is -4.26. The minimum Gasteiger partial charge on any atom is -0.459 e. The van der Waals surface area contributed by atoms with Gasteiger partial charge < -0.3 is 69.3 Å². The molecule has 0 radical (unpaired) electrons. The second kappa shape index (κ2) is 15.6. The smallest absolute Gasteiger partial charge is 0.338 e. The van der Waals surface area contributed by atoms with Crippen LogP contribution >= 0.6 is 0 Å². The third-order valence-corrected chi connectivity index (χ3v) is 15.4. The van der Waals surface area contributed by atoms with E-state index in [0.29, 0.717) is 44.1 Å². The van der Waals surface area contributed by atoms with Gasteiger partial charge in [-0.25, -0.2) is 4.79 Å². The summed E-state index contributed by atoms with van der Waals surface area (Å²) in [6.45, 7) is 6.98. The van der Waals surface area contributed by atoms with Crippen LogP contribution in [-0.2, 0) is 28.4 Å². The molecule has 0 bridgehead atoms. The van der Waals surface area contributed by atoms with Gasteiger partial charge in [-0.2, -0.15) is 0 Å². The zero-order valence-electron chi connectivity index (χ0n) is 32.9. The first kappa shape index (κ1) is 42.3. The fourth-order valence-corrected chi connectivity index (χ4v) is 12.2. The highest BCUT2D eigenvalue weighted by Gasteiger charge is 2.77. The van der Waals surface area contributed by atoms with Gasteiger partial charge >= 0.3 is 5.97 Å². The van der Waals surface area contributed by atoms with Gasteiger partial charge in [0.05, 0.1) is 36.1 Å². The molecule has 4 aliphatic carbocycles. The lowest BCUT2D eigenvalue weighted by Crippen LogP contribution is -2.76. The Labute approximate surface area is 327 Å². The summed E-state index contributed by atoms with van der Waals surface area (Å²) in [7, 11) is 1.40. The molecule has 6 fully saturated rings. The van der Waals surface area contributed by atoms with E-state index in [1.54, 1.807) is 38.1 Å². The number of hydrogen-bond donors (Lipinski definition) is 8. The Morgan fingerprint density at radius 1 is 0.857 bits per heavy atom. The molecule has 1 aromatic rings. The molecule has 7 rings (SSSR count). The molecule has 2 saturated heterocycles. The quantitative estimate of drug-likeness (QED) is 0.128. The molecule has 15 nitrogen and oxygen atoms in total. The number of hydrogen-bond acceptors (Lipinski definition) is 15. The third-order valence-electron chi connectivity index (χ3n) is 15.4. The molecule has 0 spiro atoms. The number of rotatable bonds is 9. The number of fused-ring (bicyclic) bond motifs is 5. The van der Waals surface area contributed by atoms with Crippen molar-refractivity contribution in [1.29, 1.82) is 0 Å². The van der Waals surface area contributed by atoms with Crippen LogP contribution in [0.2, 0.25) is 0 Å². The van der Waals surface area contributed by atoms with Crippen LogP contribution in [0.5, 0.6) is 0 Å². The first-order valence-electron chi connectivity index (χ1n) is 20.3. The van der Waals surface area contributed by atoms with Crippen molar-refractivity contribution >= 4 is 5.97 Å². The Morgan fingerprint density at radius 3 is 2.23 bits per heavy atom. The van der Waals surface area contributed by atoms with Crippen molar-refractivity contribution in [2.45, 2.75) is 170 Å². The summed E-state index contributed by atoms with van der Waals surface area (Å²) < 4.78 is 35.7. The summed E-state index contributed by atoms with van der Waals surface area (Å²) >= 11 is 0. The predicted molar refractivity (Wildman–Crippen MR) is 195 cm³/mol. The highest BCUT2D eigenvalue weighted by molar-refractivity contribution is 5.89. The number of carbonyl (C=O) groups excluding carboxylic acids is 1. The number of methoxy groups -OCH3 is 1. The van der Waals surface area contributed by atoms with Gasteiger partial charge in [0.2, 0.25) is 0 Å². The number of aliphatic hydroxyl groups is 8. The summed E-state index contributed by atoms with van der Waals surface area (Å²) in [5.74, 6) is -1.04. The summed E-state index contributed by atoms with van der Waals surface area (Å²) in [4.78, 5) is 13.0. The molecular weight excluding hydrogens is 732 g/mol. The van der Waals surface area contributed by atoms with Crippen molar-refractivity contribution in [3.63, 3.8) is 0 Å². The lowest BCUT2D eigenvalue weighted by Gasteiger charge is -2.67. The van der Waals surface area contributed by atoms with Crippen molar-refractivity contribution in [2.75, 3.05) is 13.7 Å². The Morgan fingerprint density at radius 2 is 1.55 bits per heavy atom. The Balaban J connectivity index is 1.01. The highest BCUT2D eigenvalue weighted by atomic mass is 16.7. The number of benzene rings is 1. The van der Waals surface area contributed by atoms with E-state index >= 15 is 0 Å². The van der Waals surface area contributed by atoms with Crippen LogP contribution in [0.25, 0.3) is 0 Å². The largest absolute Gasteiger partial charge is 0.459 e. The van der Waals surface area contributed by atoms with E-state index in [1.165, 1.54) is 7.11 Å². The van der Waals surface area contributed by atoms with Gasteiger partial charge in [-0.3, -0.25) is 0 Å². The van der Waals surface area contributed by atoms with Crippen molar-refractivity contribution in [3.8, 4) is 0 Å². The maximum atomic E-state index is 13.0. The lowest BCUT2D eigenvalue weighted by atomic mass is 9.41. The molecule has 20 unspecified atom stereocenters. The van der Waals surface area contributed by atoms with E-state index in [1.807, 2.05) is 13.0 Å². The van der Waals surface area contributed by atoms with Crippen molar-refractivity contribution in [2.24, 2.45) is 28.6 Å². The zero-order chi connectivity index (χ0) is 40.5. The topological polar surface area (TPSA) is 234 Å². The predicted octanol–water partition coefficient (Wildman–Crippen LogP) is 0.782. The van der Waals surface area contributed by atoms with Crippen molar-refractivity contribution in [1.82, 2.24) is 0 Å². The van der Waals surface area contributed by atoms with E-state index in [4.69, 9.17) is 28.4 Å². The van der Waals surface area contributed by atoms with E-state index in [9.17, 15) is 45.6 Å². The monoisotopic (exact) mass is 794 g/mol. The van der Waals surface area contributed by atoms with Crippen LogP contribution in [0.15, 0.2) is 30.3 Å². The maximum Gasteiger partial charge on any atom is 0.338 e. The van der Waals surface area contributed by atoms with Crippen LogP contribution < -0.4 is 0 Å². The van der Waals surface area contributed by atoms with Gasteiger partial charge in [0.15, 0.2) is 12.6 Å². The fourth-order valence-electron chi connectivity index (χ4n) is 12.2. The molecule has 316 valence electrons. The second-order valence-electron chi connectivity index (χ2n) is 18.0. The molecule has 15 heteroatoms. The maximum absolute atomic E-state index is 13.0. The molecule has 2 heterocycles. The summed E-state index contributed by atoms with van der Waals surface area (Å²) in [6.07, 6.45) is -10.6. The molecule has 0 amide bonds. The molecule has 20 atom stereocenters. The summed E-state index contributed by atoms with van der Waals surface area (Å²) in [5, 5.41) is 89.2. The van der Waals surface area contributed by atoms with Gasteiger partial charge in [-0.15, -0.1) is 0 Å². The molecule has 2 aliphatic heterocycles. The number of esters is 1. The fraction of sp³-hybridized carbons (Fsp3) is 0.829. The average Bonchev–Trinajstić information content (AvgIpc) is 3.39. The van der Waals surface area contributed by atoms with Crippen LogP contribution in [0.1, 0.15) is 89.4 Å². The average molecular weight is 795 g/mol. The minimum absolute atomic E-state index is 0.109. The molecule has 0 aromatic heterocycles. The SMILES string of the molecule is COC1C(O)C(OC2CCC3(C)C(CCC4(O)C3CCC3(C)C(C(C)OC(=O)c5ccccc5)CC(O)C34O)C2)OC(C)C1OC1OC(CO)C(O)C(O)C1O. The molecule has 1 aromatic carbocycles. The van der Waals surface area contributed by atoms with Crippen LogP contribution in [0, 0.1) is 28.6 Å². The van der Waals surface area contributed by atoms with Crippen LogP contribution in [0.3, 0.4) is 0 Å². The normalized spacial score (nSPS) is 51.0. The summed E-state index contributed by atoms with van der Waals surface area (Å²) in [6, 6.07) is 8.73. The molecule has 8 N–H and O–H groups in total. The standard InChI is InChI=1S/C41H62O15/c1-20(52-35(48)22-9-7-6-8-10-22)25-18-28(43)41(50)39(25,4)15-13-27-38(3)14-12-24(17-23(38)11-16-40(27,41)49)54-37-32(47)34(51-5)33(21(2)53-37)56-36-31(46)30(45)29(44)26(19-42)55-36/h6-10,20-21,23-34,36-37,42-47,49-50H,11-19H2,1-5H3. The van der Waals surface area contributed by atoms with E-state index < -0.39 is 103 Å². The Hall–Kier alpha value is -1.83. The molecular formula is C41H62O15. The number of ether oxygens (including phenoxy) is 6. The minimum atomic E-state index is -1.82. The molecule has 6 aliphatic rings. The number of aliphatic hydroxyl groups excluding tert-OH is 6. The zero-order valence-corrected chi connectivity index (χ0v) is 32.9. The molecule has 56 heavy (non-hydrogen) atoms. The molecule has 4 saturated carbocycles. The van der Waals surface area contributed by atoms with Gasteiger partial charge in [-0.05, 0) is 94.6 Å². The first-order chi connectivity index (χ1) is 26.4. The van der Waals surface area contributed by atoms with Crippen molar-refractivity contribution in [3.05, 3.63) is 35.9 Å². The third kappa shape index (κ3) is 6.57. The van der Waals surface area contributed by atoms with Crippen LogP contribution in [-0.4, -0.2) is 151 Å². The second-order valence-corrected chi connectivity index (χ2v) is 18.0. The highest BCUT2D eigenvalue weighted by Crippen LogP contribution is 2.71. The van der Waals surface area contributed by atoms with E-state index in [2.05, 4.69) is 6.92 Å². The lowest BCUT2D eigenvalue weighted by molar-refractivity contribution is -0.363. The van der Waals surface area contributed by atoms with Gasteiger partial charge in [0, 0.05) is 18.4 Å². The van der Waals surface area contributed by atoms with E-state index in [0.717, 1.165) is 0 Å². The van der Waals surface area contributed by atoms with Crippen LogP contribution in [0.4, 0.5) is 0 Å². The van der Waals surface area contributed by atoms with Gasteiger partial charge in [-0.1, -0.05) is 32.0 Å². The Kier molecular flexibility index (Phi) is 11.8. The Bertz CT molecular complexity index is 1530. The first-order valence-corrected chi connectivity index (χ1v) is 20.3. The number of carbonyl (C=O) groups is 1. The van der Waals surface area contributed by atoms with Gasteiger partial charge in [0.25, 0.3) is 0 Å². The van der Waals surface area contributed by atoms with E-state index in [-0.39, 0.29) is 42.1 Å². The van der Waals surface area contributed by atoms with Gasteiger partial charge in [0.1, 0.15) is 54.4 Å². The van der Waals surface area contributed by atoms with Crippen molar-refractivity contribution < 1.29 is 74.1 Å².